The van der Waals surface area contributed by atoms with Gasteiger partial charge in [0.2, 0.25) is 0 Å². The van der Waals surface area contributed by atoms with Crippen molar-refractivity contribution in [1.82, 2.24) is 4.98 Å². The number of hydrogen-bond donors (Lipinski definition) is 2. The van der Waals surface area contributed by atoms with Gasteiger partial charge in [0.1, 0.15) is 11.5 Å². The van der Waals surface area contributed by atoms with Crippen molar-refractivity contribution in [2.75, 3.05) is 17.2 Å². The molecule has 0 aliphatic rings. The number of carbonyl (C=O) groups is 1. The molecule has 6 heteroatoms. The first-order chi connectivity index (χ1) is 9.61. The summed E-state index contributed by atoms with van der Waals surface area (Å²) in [4.78, 5) is 16.4. The smallest absolute Gasteiger partial charge is 0.275 e. The van der Waals surface area contributed by atoms with Gasteiger partial charge in [-0.05, 0) is 31.2 Å². The highest BCUT2D eigenvalue weighted by Gasteiger charge is 2.14. The van der Waals surface area contributed by atoms with Gasteiger partial charge in [-0.1, -0.05) is 35.3 Å². The molecule has 0 aliphatic heterocycles. The van der Waals surface area contributed by atoms with Crippen LogP contribution in [0.15, 0.2) is 36.4 Å². The molecule has 0 unspecified atom stereocenters. The first-order valence-electron chi connectivity index (χ1n) is 6.08. The van der Waals surface area contributed by atoms with Crippen LogP contribution in [0.4, 0.5) is 11.5 Å². The number of rotatable bonds is 4. The van der Waals surface area contributed by atoms with Crippen molar-refractivity contribution in [3.63, 3.8) is 0 Å². The van der Waals surface area contributed by atoms with Crippen LogP contribution < -0.4 is 10.6 Å². The van der Waals surface area contributed by atoms with Gasteiger partial charge in [0.15, 0.2) is 0 Å². The Kier molecular flexibility index (Phi) is 4.82. The first kappa shape index (κ1) is 14.6. The maximum Gasteiger partial charge on any atom is 0.275 e. The van der Waals surface area contributed by atoms with Crippen molar-refractivity contribution in [1.29, 1.82) is 0 Å². The molecule has 0 bridgehead atoms. The van der Waals surface area contributed by atoms with Crippen LogP contribution in [-0.4, -0.2) is 17.4 Å². The highest BCUT2D eigenvalue weighted by atomic mass is 35.5. The summed E-state index contributed by atoms with van der Waals surface area (Å²) in [5.41, 5.74) is 0.677. The van der Waals surface area contributed by atoms with Gasteiger partial charge in [0.05, 0.1) is 15.7 Å². The highest BCUT2D eigenvalue weighted by Crippen LogP contribution is 2.23. The molecule has 0 atom stereocenters. The van der Waals surface area contributed by atoms with E-state index in [4.69, 9.17) is 23.2 Å². The fourth-order valence-corrected chi connectivity index (χ4v) is 2.00. The molecule has 0 fully saturated rings. The van der Waals surface area contributed by atoms with Crippen molar-refractivity contribution >= 4 is 40.6 Å². The Bertz CT molecular complexity index is 632. The van der Waals surface area contributed by atoms with Crippen LogP contribution in [-0.2, 0) is 0 Å². The SMILES string of the molecule is CCNc1ccc(Cl)c(C(=O)Nc2ccccc2Cl)n1. The lowest BCUT2D eigenvalue weighted by Gasteiger charge is -2.09. The Morgan fingerprint density at radius 2 is 1.90 bits per heavy atom. The predicted molar refractivity (Wildman–Crippen MR) is 82.8 cm³/mol. The summed E-state index contributed by atoms with van der Waals surface area (Å²) >= 11 is 12.0. The summed E-state index contributed by atoms with van der Waals surface area (Å²) in [7, 11) is 0. The van der Waals surface area contributed by atoms with E-state index in [0.717, 1.165) is 0 Å². The largest absolute Gasteiger partial charge is 0.370 e. The monoisotopic (exact) mass is 309 g/mol. The number of aromatic nitrogens is 1. The third-order valence-electron chi connectivity index (χ3n) is 2.54. The number of halogens is 2. The fraction of sp³-hybridized carbons (Fsp3) is 0.143. The van der Waals surface area contributed by atoms with E-state index in [1.807, 2.05) is 6.92 Å². The van der Waals surface area contributed by atoms with Gasteiger partial charge < -0.3 is 10.6 Å². The van der Waals surface area contributed by atoms with E-state index in [0.29, 0.717) is 23.1 Å². The maximum atomic E-state index is 12.2. The van der Waals surface area contributed by atoms with Gasteiger partial charge in [0, 0.05) is 6.54 Å². The number of hydrogen-bond acceptors (Lipinski definition) is 3. The number of nitrogens with one attached hydrogen (secondary N) is 2. The van der Waals surface area contributed by atoms with Crippen LogP contribution in [0.1, 0.15) is 17.4 Å². The zero-order valence-electron chi connectivity index (χ0n) is 10.8. The minimum Gasteiger partial charge on any atom is -0.370 e. The Morgan fingerprint density at radius 1 is 1.15 bits per heavy atom. The molecule has 0 saturated carbocycles. The van der Waals surface area contributed by atoms with Crippen molar-refractivity contribution in [2.45, 2.75) is 6.92 Å². The average molecular weight is 310 g/mol. The lowest BCUT2D eigenvalue weighted by atomic mass is 10.3. The third kappa shape index (κ3) is 3.40. The van der Waals surface area contributed by atoms with Crippen molar-refractivity contribution in [3.05, 3.63) is 52.1 Å². The van der Waals surface area contributed by atoms with Gasteiger partial charge in [-0.15, -0.1) is 0 Å². The van der Waals surface area contributed by atoms with Crippen LogP contribution in [0.25, 0.3) is 0 Å². The molecule has 1 amide bonds. The van der Waals surface area contributed by atoms with Crippen molar-refractivity contribution in [2.24, 2.45) is 0 Å². The van der Waals surface area contributed by atoms with Crippen LogP contribution >= 0.6 is 23.2 Å². The van der Waals surface area contributed by atoms with Gasteiger partial charge in [-0.3, -0.25) is 4.79 Å². The number of amides is 1. The molecule has 104 valence electrons. The topological polar surface area (TPSA) is 54.0 Å². The lowest BCUT2D eigenvalue weighted by molar-refractivity contribution is 0.102. The van der Waals surface area contributed by atoms with Gasteiger partial charge in [-0.2, -0.15) is 0 Å². The summed E-state index contributed by atoms with van der Waals surface area (Å²) < 4.78 is 0. The summed E-state index contributed by atoms with van der Waals surface area (Å²) in [6.45, 7) is 2.65. The third-order valence-corrected chi connectivity index (χ3v) is 3.18. The fourth-order valence-electron chi connectivity index (χ4n) is 1.63. The molecule has 2 N–H and O–H groups in total. The number of carbonyl (C=O) groups excluding carboxylic acids is 1. The minimum absolute atomic E-state index is 0.157. The van der Waals surface area contributed by atoms with Gasteiger partial charge in [-0.25, -0.2) is 4.98 Å². The Balaban J connectivity index is 2.25. The second kappa shape index (κ2) is 6.59. The van der Waals surface area contributed by atoms with E-state index in [1.54, 1.807) is 36.4 Å². The molecule has 0 radical (unpaired) electrons. The zero-order chi connectivity index (χ0) is 14.5. The Hall–Kier alpha value is -1.78. The summed E-state index contributed by atoms with van der Waals surface area (Å²) in [5, 5.41) is 6.47. The summed E-state index contributed by atoms with van der Waals surface area (Å²) in [6, 6.07) is 10.3. The van der Waals surface area contributed by atoms with E-state index in [9.17, 15) is 4.79 Å². The quantitative estimate of drug-likeness (QED) is 0.895. The van der Waals surface area contributed by atoms with E-state index < -0.39 is 5.91 Å². The molecule has 1 heterocycles. The average Bonchev–Trinajstić information content (AvgIpc) is 2.43. The number of para-hydroxylation sites is 1. The highest BCUT2D eigenvalue weighted by molar-refractivity contribution is 6.35. The molecule has 1 aromatic carbocycles. The Morgan fingerprint density at radius 3 is 2.60 bits per heavy atom. The molecule has 2 aromatic rings. The second-order valence-corrected chi connectivity index (χ2v) is 4.81. The van der Waals surface area contributed by atoms with Crippen LogP contribution in [0.3, 0.4) is 0 Å². The normalized spacial score (nSPS) is 10.2. The van der Waals surface area contributed by atoms with Crippen LogP contribution in [0.2, 0.25) is 10.0 Å². The van der Waals surface area contributed by atoms with Crippen LogP contribution in [0.5, 0.6) is 0 Å². The number of pyridine rings is 1. The van der Waals surface area contributed by atoms with Crippen molar-refractivity contribution < 1.29 is 4.79 Å². The molecule has 2 rings (SSSR count). The van der Waals surface area contributed by atoms with Gasteiger partial charge >= 0.3 is 0 Å². The first-order valence-corrected chi connectivity index (χ1v) is 6.83. The zero-order valence-corrected chi connectivity index (χ0v) is 12.3. The van der Waals surface area contributed by atoms with Gasteiger partial charge in [0.25, 0.3) is 5.91 Å². The molecule has 20 heavy (non-hydrogen) atoms. The molecular formula is C14H13Cl2N3O. The second-order valence-electron chi connectivity index (χ2n) is 3.99. The van der Waals surface area contributed by atoms with Crippen molar-refractivity contribution in [3.8, 4) is 0 Å². The van der Waals surface area contributed by atoms with E-state index >= 15 is 0 Å². The lowest BCUT2D eigenvalue weighted by Crippen LogP contribution is -2.15. The predicted octanol–water partition coefficient (Wildman–Crippen LogP) is 4.07. The summed E-state index contributed by atoms with van der Waals surface area (Å²) in [5.74, 6) is 0.198. The van der Waals surface area contributed by atoms with E-state index in [1.165, 1.54) is 0 Å². The molecular weight excluding hydrogens is 297 g/mol. The number of anilines is 2. The molecule has 0 saturated heterocycles. The van der Waals surface area contributed by atoms with E-state index in [-0.39, 0.29) is 10.7 Å². The minimum atomic E-state index is -0.400. The Labute approximate surface area is 127 Å². The standard InChI is InChI=1S/C14H13Cl2N3O/c1-2-17-12-8-7-10(16)13(19-12)14(20)18-11-6-4-3-5-9(11)15/h3-8H,2H2,1H3,(H,17,19)(H,18,20). The maximum absolute atomic E-state index is 12.2. The molecule has 0 aliphatic carbocycles. The molecule has 4 nitrogen and oxygen atoms in total. The van der Waals surface area contributed by atoms with E-state index in [2.05, 4.69) is 15.6 Å². The molecule has 1 aromatic heterocycles. The summed E-state index contributed by atoms with van der Waals surface area (Å²) in [6.07, 6.45) is 0. The molecule has 0 spiro atoms. The van der Waals surface area contributed by atoms with Crippen LogP contribution in [0, 0.1) is 0 Å². The number of nitrogens with zero attached hydrogens (tertiary/aromatic N) is 1. The number of benzene rings is 1.